The SMILES string of the molecule is O[C@@H]1CCN[C@H]1c1ccccc1Cl. The van der Waals surface area contributed by atoms with E-state index in [0.717, 1.165) is 23.6 Å². The second-order valence-corrected chi connectivity index (χ2v) is 3.72. The lowest BCUT2D eigenvalue weighted by Crippen LogP contribution is -2.21. The molecule has 2 atom stereocenters. The predicted molar refractivity (Wildman–Crippen MR) is 52.8 cm³/mol. The number of hydrogen-bond donors (Lipinski definition) is 2. The van der Waals surface area contributed by atoms with E-state index >= 15 is 0 Å². The Balaban J connectivity index is 2.29. The molecule has 2 nitrogen and oxygen atoms in total. The molecule has 1 aliphatic rings. The summed E-state index contributed by atoms with van der Waals surface area (Å²) in [5, 5.41) is 13.6. The van der Waals surface area contributed by atoms with Crippen molar-refractivity contribution < 1.29 is 5.11 Å². The zero-order chi connectivity index (χ0) is 9.26. The summed E-state index contributed by atoms with van der Waals surface area (Å²) in [6.07, 6.45) is 0.496. The Morgan fingerprint density at radius 3 is 2.77 bits per heavy atom. The van der Waals surface area contributed by atoms with Gasteiger partial charge in [-0.2, -0.15) is 0 Å². The fourth-order valence-corrected chi connectivity index (χ4v) is 1.99. The van der Waals surface area contributed by atoms with E-state index in [0.29, 0.717) is 0 Å². The van der Waals surface area contributed by atoms with E-state index in [1.54, 1.807) is 0 Å². The molecule has 3 heteroatoms. The van der Waals surface area contributed by atoms with Crippen LogP contribution in [-0.4, -0.2) is 17.8 Å². The van der Waals surface area contributed by atoms with Crippen molar-refractivity contribution in [2.75, 3.05) is 6.54 Å². The van der Waals surface area contributed by atoms with Gasteiger partial charge in [-0.15, -0.1) is 0 Å². The standard InChI is InChI=1S/C10H12ClNO/c11-8-4-2-1-3-7(8)10-9(13)5-6-12-10/h1-4,9-10,12-13H,5-6H2/t9-,10+/m1/s1. The van der Waals surface area contributed by atoms with E-state index in [1.807, 2.05) is 24.3 Å². The maximum Gasteiger partial charge on any atom is 0.0747 e. The summed E-state index contributed by atoms with van der Waals surface area (Å²) in [4.78, 5) is 0. The molecule has 70 valence electrons. The van der Waals surface area contributed by atoms with Crippen molar-refractivity contribution in [2.45, 2.75) is 18.6 Å². The highest BCUT2D eigenvalue weighted by atomic mass is 35.5. The molecular weight excluding hydrogens is 186 g/mol. The maximum atomic E-state index is 9.65. The van der Waals surface area contributed by atoms with Gasteiger partial charge in [-0.25, -0.2) is 0 Å². The summed E-state index contributed by atoms with van der Waals surface area (Å²) in [6, 6.07) is 7.65. The van der Waals surface area contributed by atoms with Crippen molar-refractivity contribution in [3.8, 4) is 0 Å². The summed E-state index contributed by atoms with van der Waals surface area (Å²) < 4.78 is 0. The minimum atomic E-state index is -0.306. The monoisotopic (exact) mass is 197 g/mol. The summed E-state index contributed by atoms with van der Waals surface area (Å²) >= 11 is 6.02. The first-order valence-electron chi connectivity index (χ1n) is 4.45. The van der Waals surface area contributed by atoms with Crippen molar-refractivity contribution in [1.82, 2.24) is 5.32 Å². The lowest BCUT2D eigenvalue weighted by molar-refractivity contribution is 0.160. The average molecular weight is 198 g/mol. The molecule has 1 saturated heterocycles. The Labute approximate surface area is 82.5 Å². The Kier molecular flexibility index (Phi) is 2.54. The van der Waals surface area contributed by atoms with Gasteiger partial charge in [0.2, 0.25) is 0 Å². The van der Waals surface area contributed by atoms with Crippen LogP contribution in [0.4, 0.5) is 0 Å². The van der Waals surface area contributed by atoms with Crippen LogP contribution >= 0.6 is 11.6 Å². The van der Waals surface area contributed by atoms with Crippen LogP contribution < -0.4 is 5.32 Å². The third-order valence-electron chi connectivity index (χ3n) is 2.43. The predicted octanol–water partition coefficient (Wildman–Crippen LogP) is 1.74. The highest BCUT2D eigenvalue weighted by molar-refractivity contribution is 6.31. The van der Waals surface area contributed by atoms with Crippen molar-refractivity contribution in [1.29, 1.82) is 0 Å². The van der Waals surface area contributed by atoms with E-state index < -0.39 is 0 Å². The molecule has 1 heterocycles. The van der Waals surface area contributed by atoms with Crippen LogP contribution in [0, 0.1) is 0 Å². The van der Waals surface area contributed by atoms with Crippen LogP contribution in [-0.2, 0) is 0 Å². The fourth-order valence-electron chi connectivity index (χ4n) is 1.73. The first-order chi connectivity index (χ1) is 6.29. The number of aliphatic hydroxyl groups excluding tert-OH is 1. The number of aliphatic hydroxyl groups is 1. The van der Waals surface area contributed by atoms with Gasteiger partial charge < -0.3 is 10.4 Å². The van der Waals surface area contributed by atoms with Crippen LogP contribution in [0.2, 0.25) is 5.02 Å². The smallest absolute Gasteiger partial charge is 0.0747 e. The Morgan fingerprint density at radius 2 is 2.15 bits per heavy atom. The largest absolute Gasteiger partial charge is 0.391 e. The summed E-state index contributed by atoms with van der Waals surface area (Å²) in [5.74, 6) is 0. The van der Waals surface area contributed by atoms with Gasteiger partial charge in [-0.05, 0) is 24.6 Å². The first kappa shape index (κ1) is 9.00. The molecule has 13 heavy (non-hydrogen) atoms. The summed E-state index contributed by atoms with van der Waals surface area (Å²) in [7, 11) is 0. The van der Waals surface area contributed by atoms with Crippen molar-refractivity contribution >= 4 is 11.6 Å². The number of benzene rings is 1. The normalized spacial score (nSPS) is 27.8. The van der Waals surface area contributed by atoms with Crippen molar-refractivity contribution in [3.63, 3.8) is 0 Å². The van der Waals surface area contributed by atoms with E-state index in [9.17, 15) is 5.11 Å². The maximum absolute atomic E-state index is 9.65. The molecular formula is C10H12ClNO. The number of nitrogens with one attached hydrogen (secondary N) is 1. The van der Waals surface area contributed by atoms with Gasteiger partial charge in [0, 0.05) is 5.02 Å². The fraction of sp³-hybridized carbons (Fsp3) is 0.400. The van der Waals surface area contributed by atoms with Crippen molar-refractivity contribution in [2.24, 2.45) is 0 Å². The van der Waals surface area contributed by atoms with Crippen LogP contribution in [0.25, 0.3) is 0 Å². The second kappa shape index (κ2) is 3.66. The van der Waals surface area contributed by atoms with E-state index in [1.165, 1.54) is 0 Å². The molecule has 0 saturated carbocycles. The topological polar surface area (TPSA) is 32.3 Å². The van der Waals surface area contributed by atoms with E-state index in [2.05, 4.69) is 5.32 Å². The Hall–Kier alpha value is -0.570. The van der Waals surface area contributed by atoms with Crippen LogP contribution in [0.5, 0.6) is 0 Å². The molecule has 0 radical (unpaired) electrons. The van der Waals surface area contributed by atoms with Crippen LogP contribution in [0.15, 0.2) is 24.3 Å². The van der Waals surface area contributed by atoms with Crippen LogP contribution in [0.1, 0.15) is 18.0 Å². The van der Waals surface area contributed by atoms with Crippen molar-refractivity contribution in [3.05, 3.63) is 34.9 Å². The van der Waals surface area contributed by atoms with Gasteiger partial charge in [0.1, 0.15) is 0 Å². The molecule has 2 rings (SSSR count). The molecule has 0 aliphatic carbocycles. The summed E-state index contributed by atoms with van der Waals surface area (Å²) in [5.41, 5.74) is 0.995. The van der Waals surface area contributed by atoms with Gasteiger partial charge in [0.05, 0.1) is 12.1 Å². The third-order valence-corrected chi connectivity index (χ3v) is 2.77. The zero-order valence-electron chi connectivity index (χ0n) is 7.20. The summed E-state index contributed by atoms with van der Waals surface area (Å²) in [6.45, 7) is 0.858. The Morgan fingerprint density at radius 1 is 1.38 bits per heavy atom. The highest BCUT2D eigenvalue weighted by Crippen LogP contribution is 2.28. The Bertz CT molecular complexity index is 303. The van der Waals surface area contributed by atoms with Gasteiger partial charge in [0.15, 0.2) is 0 Å². The minimum absolute atomic E-state index is 0.00806. The number of halogens is 1. The molecule has 0 amide bonds. The molecule has 0 bridgehead atoms. The average Bonchev–Trinajstić information content (AvgIpc) is 2.52. The van der Waals surface area contributed by atoms with E-state index in [-0.39, 0.29) is 12.1 Å². The third kappa shape index (κ3) is 1.70. The van der Waals surface area contributed by atoms with Gasteiger partial charge in [-0.3, -0.25) is 0 Å². The quantitative estimate of drug-likeness (QED) is 0.719. The molecule has 0 unspecified atom stereocenters. The van der Waals surface area contributed by atoms with Gasteiger partial charge in [0.25, 0.3) is 0 Å². The minimum Gasteiger partial charge on any atom is -0.391 e. The lowest BCUT2D eigenvalue weighted by Gasteiger charge is -2.16. The number of hydrogen-bond acceptors (Lipinski definition) is 2. The number of rotatable bonds is 1. The highest BCUT2D eigenvalue weighted by Gasteiger charge is 2.27. The van der Waals surface area contributed by atoms with Gasteiger partial charge in [-0.1, -0.05) is 29.8 Å². The molecule has 1 aromatic rings. The zero-order valence-corrected chi connectivity index (χ0v) is 7.96. The second-order valence-electron chi connectivity index (χ2n) is 3.31. The molecule has 1 aromatic carbocycles. The molecule has 1 fully saturated rings. The van der Waals surface area contributed by atoms with E-state index in [4.69, 9.17) is 11.6 Å². The molecule has 0 aromatic heterocycles. The first-order valence-corrected chi connectivity index (χ1v) is 4.82. The van der Waals surface area contributed by atoms with Crippen LogP contribution in [0.3, 0.4) is 0 Å². The molecule has 1 aliphatic heterocycles. The van der Waals surface area contributed by atoms with Gasteiger partial charge >= 0.3 is 0 Å². The molecule has 2 N–H and O–H groups in total. The lowest BCUT2D eigenvalue weighted by atomic mass is 10.0. The molecule has 0 spiro atoms.